The maximum absolute atomic E-state index is 14.3. The molecule has 11 heteroatoms. The van der Waals surface area contributed by atoms with Crippen LogP contribution in [0, 0.1) is 11.8 Å². The normalized spacial score (nSPS) is 26.0. The number of carbonyl (C=O) groups is 2. The van der Waals surface area contributed by atoms with Gasteiger partial charge in [-0.25, -0.2) is 8.78 Å². The second kappa shape index (κ2) is 10.5. The minimum absolute atomic E-state index is 0.00413. The third-order valence-electron chi connectivity index (χ3n) is 8.37. The van der Waals surface area contributed by atoms with Gasteiger partial charge in [-0.05, 0) is 54.7 Å². The number of amides is 2. The smallest absolute Gasteiger partial charge is 0.268 e. The third kappa shape index (κ3) is 4.64. The van der Waals surface area contributed by atoms with E-state index in [0.717, 1.165) is 10.9 Å². The summed E-state index contributed by atoms with van der Waals surface area (Å²) in [7, 11) is 1.81. The van der Waals surface area contributed by atoms with Crippen molar-refractivity contribution in [3.8, 4) is 0 Å². The number of halogens is 3. The number of hydrogen-bond donors (Lipinski definition) is 2. The number of aryl methyl sites for hydroxylation is 1. The van der Waals surface area contributed by atoms with Crippen molar-refractivity contribution in [2.75, 3.05) is 11.4 Å². The summed E-state index contributed by atoms with van der Waals surface area (Å²) in [4.78, 5) is 32.1. The fraction of sp³-hybridized carbons (Fsp3) is 0.333. The molecule has 2 aromatic heterocycles. The van der Waals surface area contributed by atoms with Gasteiger partial charge in [-0.3, -0.25) is 19.3 Å². The Bertz CT molecular complexity index is 1620. The summed E-state index contributed by atoms with van der Waals surface area (Å²) in [5.41, 5.74) is 0.491. The Hall–Kier alpha value is -3.89. The lowest BCUT2D eigenvalue weighted by Gasteiger charge is -2.40. The Labute approximate surface area is 239 Å². The van der Waals surface area contributed by atoms with Crippen molar-refractivity contribution in [2.45, 2.75) is 36.3 Å². The van der Waals surface area contributed by atoms with E-state index >= 15 is 0 Å². The Morgan fingerprint density at radius 1 is 1.17 bits per heavy atom. The van der Waals surface area contributed by atoms with Crippen LogP contribution in [0.3, 0.4) is 0 Å². The van der Waals surface area contributed by atoms with E-state index in [9.17, 15) is 23.5 Å². The van der Waals surface area contributed by atoms with Crippen LogP contribution in [0.1, 0.15) is 34.3 Å². The predicted molar refractivity (Wildman–Crippen MR) is 150 cm³/mol. The number of para-hydroxylation sites is 1. The van der Waals surface area contributed by atoms with E-state index in [0.29, 0.717) is 16.8 Å². The summed E-state index contributed by atoms with van der Waals surface area (Å²) < 4.78 is 30.3. The average Bonchev–Trinajstić information content (AvgIpc) is 3.45. The Morgan fingerprint density at radius 2 is 1.98 bits per heavy atom. The third-order valence-corrected chi connectivity index (χ3v) is 8.90. The van der Waals surface area contributed by atoms with Crippen LogP contribution in [0.2, 0.25) is 0 Å². The lowest BCUT2D eigenvalue weighted by molar-refractivity contribution is -0.132. The number of alkyl halides is 3. The van der Waals surface area contributed by atoms with Crippen LogP contribution in [0.25, 0.3) is 10.9 Å². The van der Waals surface area contributed by atoms with Crippen molar-refractivity contribution < 1.29 is 23.5 Å². The number of rotatable bonds is 6. The zero-order valence-electron chi connectivity index (χ0n) is 22.1. The highest BCUT2D eigenvalue weighted by Crippen LogP contribution is 2.46. The van der Waals surface area contributed by atoms with Crippen LogP contribution in [0.15, 0.2) is 73.2 Å². The van der Waals surface area contributed by atoms with Gasteiger partial charge in [0.15, 0.2) is 5.60 Å². The number of aliphatic hydroxyl groups is 1. The Morgan fingerprint density at radius 3 is 2.73 bits per heavy atom. The van der Waals surface area contributed by atoms with Gasteiger partial charge in [0, 0.05) is 54.3 Å². The largest absolute Gasteiger partial charge is 0.372 e. The van der Waals surface area contributed by atoms with Gasteiger partial charge < -0.3 is 15.3 Å². The van der Waals surface area contributed by atoms with Gasteiger partial charge in [-0.2, -0.15) is 5.10 Å². The number of carbonyl (C=O) groups excluding carboxylic acids is 2. The van der Waals surface area contributed by atoms with Crippen LogP contribution < -0.4 is 10.2 Å². The van der Waals surface area contributed by atoms with E-state index in [2.05, 4.69) is 15.4 Å². The fourth-order valence-electron chi connectivity index (χ4n) is 6.17. The summed E-state index contributed by atoms with van der Waals surface area (Å²) >= 11 is 6.77. The van der Waals surface area contributed by atoms with Crippen molar-refractivity contribution in [1.29, 1.82) is 0 Å². The van der Waals surface area contributed by atoms with E-state index in [1.807, 2.05) is 7.05 Å². The molecule has 5 atom stereocenters. The molecule has 1 aliphatic heterocycles. The molecule has 1 aliphatic carbocycles. The summed E-state index contributed by atoms with van der Waals surface area (Å²) in [6.45, 7) is 0.0496. The first-order chi connectivity index (χ1) is 19.7. The van der Waals surface area contributed by atoms with Gasteiger partial charge in [0.25, 0.3) is 11.8 Å². The lowest BCUT2D eigenvalue weighted by atomic mass is 9.77. The van der Waals surface area contributed by atoms with Crippen molar-refractivity contribution in [1.82, 2.24) is 20.1 Å². The second-order valence-corrected chi connectivity index (χ2v) is 11.3. The number of benzene rings is 2. The Kier molecular flexibility index (Phi) is 6.99. The first-order valence-electron chi connectivity index (χ1n) is 13.4. The van der Waals surface area contributed by atoms with Crippen LogP contribution in [-0.2, 0) is 17.4 Å². The lowest BCUT2D eigenvalue weighted by Crippen LogP contribution is -2.52. The van der Waals surface area contributed by atoms with Gasteiger partial charge in [0.05, 0.1) is 23.0 Å². The molecule has 2 aliphatic rings. The highest BCUT2D eigenvalue weighted by molar-refractivity contribution is 6.21. The van der Waals surface area contributed by atoms with Crippen LogP contribution in [0.4, 0.5) is 14.5 Å². The fourth-order valence-corrected chi connectivity index (χ4v) is 6.55. The maximum Gasteiger partial charge on any atom is 0.268 e. The molecule has 0 spiro atoms. The van der Waals surface area contributed by atoms with Gasteiger partial charge in [0.1, 0.15) is 0 Å². The van der Waals surface area contributed by atoms with Crippen molar-refractivity contribution in [3.05, 3.63) is 89.9 Å². The predicted octanol–water partition coefficient (Wildman–Crippen LogP) is 4.25. The SMILES string of the molecule is Cn1ncc2cc([C@]3(O)C(=O)N(C[C@H]4C[C@@H](C(F)F)[C@H](NC(=O)c5cccnc5)C[C@H]4Cl)c4ccccc43)ccc21. The number of hydrogen-bond acceptors (Lipinski definition) is 5. The number of nitrogens with zero attached hydrogens (tertiary/aromatic N) is 4. The van der Waals surface area contributed by atoms with Crippen molar-refractivity contribution >= 4 is 40.0 Å². The first kappa shape index (κ1) is 27.3. The second-order valence-electron chi connectivity index (χ2n) is 10.8. The van der Waals surface area contributed by atoms with Gasteiger partial charge >= 0.3 is 0 Å². The zero-order valence-corrected chi connectivity index (χ0v) is 22.9. The van der Waals surface area contributed by atoms with Crippen LogP contribution in [0.5, 0.6) is 0 Å². The molecule has 2 amide bonds. The van der Waals surface area contributed by atoms with Crippen molar-refractivity contribution in [3.63, 3.8) is 0 Å². The summed E-state index contributed by atoms with van der Waals surface area (Å²) in [6, 6.07) is 14.5. The zero-order chi connectivity index (χ0) is 28.9. The average molecular weight is 580 g/mol. The quantitative estimate of drug-likeness (QED) is 0.333. The maximum atomic E-state index is 14.3. The monoisotopic (exact) mass is 579 g/mol. The van der Waals surface area contributed by atoms with Gasteiger partial charge in [-0.15, -0.1) is 11.6 Å². The van der Waals surface area contributed by atoms with Crippen LogP contribution in [-0.4, -0.2) is 56.1 Å². The molecule has 2 aromatic carbocycles. The number of pyridine rings is 1. The number of fused-ring (bicyclic) bond motifs is 2. The summed E-state index contributed by atoms with van der Waals surface area (Å²) in [5, 5.41) is 19.1. The molecule has 3 heterocycles. The molecule has 2 N–H and O–H groups in total. The molecular weight excluding hydrogens is 552 g/mol. The molecular formula is C30H28ClF2N5O3. The van der Waals surface area contributed by atoms with E-state index in [1.54, 1.807) is 65.5 Å². The van der Waals surface area contributed by atoms with Crippen LogP contribution >= 0.6 is 11.6 Å². The highest BCUT2D eigenvalue weighted by atomic mass is 35.5. The topological polar surface area (TPSA) is 100 Å². The number of nitrogens with one attached hydrogen (secondary N) is 1. The molecule has 0 unspecified atom stereocenters. The van der Waals surface area contributed by atoms with Crippen molar-refractivity contribution in [2.24, 2.45) is 18.9 Å². The molecule has 8 nitrogen and oxygen atoms in total. The molecule has 0 saturated heterocycles. The van der Waals surface area contributed by atoms with E-state index in [4.69, 9.17) is 11.6 Å². The summed E-state index contributed by atoms with van der Waals surface area (Å²) in [6.07, 6.45) is 1.97. The molecule has 0 bridgehead atoms. The Balaban J connectivity index is 1.26. The van der Waals surface area contributed by atoms with E-state index in [1.165, 1.54) is 17.3 Å². The van der Waals surface area contributed by atoms with Gasteiger partial charge in [-0.1, -0.05) is 24.3 Å². The minimum Gasteiger partial charge on any atom is -0.372 e. The first-order valence-corrected chi connectivity index (χ1v) is 13.8. The minimum atomic E-state index is -2.70. The molecule has 0 radical (unpaired) electrons. The molecule has 4 aromatic rings. The summed E-state index contributed by atoms with van der Waals surface area (Å²) in [5.74, 6) is -2.71. The highest BCUT2D eigenvalue weighted by Gasteiger charge is 2.52. The standard InChI is InChI=1S/C30H28ClF2N5O3/c1-37-25-9-8-20(11-18(25)15-35-37)30(41)22-6-2-3-7-26(22)38(29(30)40)16-19-12-21(27(32)33)24(13-23(19)31)36-28(39)17-5-4-10-34-14-17/h2-11,14-15,19,21,23-24,27,41H,12-13,16H2,1H3,(H,36,39)/t19-,21-,23-,24-,30-/m1/s1. The number of anilines is 1. The number of aromatic nitrogens is 3. The van der Waals surface area contributed by atoms with E-state index < -0.39 is 47.1 Å². The molecule has 1 fully saturated rings. The van der Waals surface area contributed by atoms with Gasteiger partial charge in [0.2, 0.25) is 6.43 Å². The molecule has 41 heavy (non-hydrogen) atoms. The molecule has 212 valence electrons. The van der Waals surface area contributed by atoms with E-state index in [-0.39, 0.29) is 24.9 Å². The molecule has 1 saturated carbocycles. The molecule has 6 rings (SSSR count).